The van der Waals surface area contributed by atoms with Gasteiger partial charge in [0.15, 0.2) is 11.6 Å². The molecule has 0 aliphatic carbocycles. The number of terminal acetylenes is 1. The normalized spacial score (nSPS) is 10.2. The van der Waals surface area contributed by atoms with Crippen LogP contribution >= 0.6 is 0 Å². The van der Waals surface area contributed by atoms with Gasteiger partial charge in [-0.3, -0.25) is 4.79 Å². The minimum Gasteiger partial charge on any atom is -0.360 e. The molecular formula is C11H5F2NO. The van der Waals surface area contributed by atoms with Crippen molar-refractivity contribution in [1.82, 2.24) is 4.98 Å². The Morgan fingerprint density at radius 1 is 1.33 bits per heavy atom. The molecule has 0 aliphatic heterocycles. The molecule has 0 saturated heterocycles. The highest BCUT2D eigenvalue weighted by molar-refractivity contribution is 6.16. The van der Waals surface area contributed by atoms with Crippen LogP contribution in [0.3, 0.4) is 0 Å². The van der Waals surface area contributed by atoms with E-state index >= 15 is 0 Å². The lowest BCUT2D eigenvalue weighted by molar-refractivity contribution is 0.105. The van der Waals surface area contributed by atoms with E-state index in [2.05, 4.69) is 4.98 Å². The Labute approximate surface area is 83.9 Å². The monoisotopic (exact) mass is 205 g/mol. The van der Waals surface area contributed by atoms with E-state index in [4.69, 9.17) is 6.42 Å². The van der Waals surface area contributed by atoms with Gasteiger partial charge in [-0.2, -0.15) is 0 Å². The van der Waals surface area contributed by atoms with Crippen LogP contribution in [0.15, 0.2) is 18.3 Å². The number of aromatic nitrogens is 1. The van der Waals surface area contributed by atoms with Crippen molar-refractivity contribution in [2.75, 3.05) is 0 Å². The second kappa shape index (κ2) is 3.21. The molecule has 15 heavy (non-hydrogen) atoms. The summed E-state index contributed by atoms with van der Waals surface area (Å²) in [5.74, 6) is -0.619. The van der Waals surface area contributed by atoms with Crippen molar-refractivity contribution in [2.45, 2.75) is 0 Å². The fraction of sp³-hybridized carbons (Fsp3) is 0. The molecule has 0 radical (unpaired) electrons. The standard InChI is InChI=1S/C11H5F2NO/c1-2-11(15)7-5-14-10-4-9(13)8(12)3-6(7)10/h1,3-5,14H. The van der Waals surface area contributed by atoms with Crippen molar-refractivity contribution in [2.24, 2.45) is 0 Å². The average molecular weight is 205 g/mol. The van der Waals surface area contributed by atoms with Crippen molar-refractivity contribution in [1.29, 1.82) is 0 Å². The maximum absolute atomic E-state index is 12.9. The number of benzene rings is 1. The zero-order valence-electron chi connectivity index (χ0n) is 7.47. The molecule has 2 aromatic rings. The van der Waals surface area contributed by atoms with Gasteiger partial charge in [-0.1, -0.05) is 0 Å². The third-order valence-corrected chi connectivity index (χ3v) is 2.10. The maximum atomic E-state index is 12.9. The van der Waals surface area contributed by atoms with Gasteiger partial charge in [0.1, 0.15) is 0 Å². The third-order valence-electron chi connectivity index (χ3n) is 2.10. The Bertz CT molecular complexity index is 592. The minimum atomic E-state index is -1.01. The number of Topliss-reactive ketones (excluding diaryl/α,β-unsaturated/α-hetero) is 1. The zero-order valence-corrected chi connectivity index (χ0v) is 7.47. The first-order chi connectivity index (χ1) is 7.13. The second-order valence-electron chi connectivity index (χ2n) is 2.99. The van der Waals surface area contributed by atoms with Crippen LogP contribution in [-0.4, -0.2) is 10.8 Å². The van der Waals surface area contributed by atoms with Gasteiger partial charge >= 0.3 is 0 Å². The molecule has 1 heterocycles. The summed E-state index contributed by atoms with van der Waals surface area (Å²) in [5, 5.41) is 0.289. The SMILES string of the molecule is C#CC(=O)c1c[nH]c2cc(F)c(F)cc12. The summed E-state index contributed by atoms with van der Waals surface area (Å²) in [4.78, 5) is 13.9. The Morgan fingerprint density at radius 3 is 2.67 bits per heavy atom. The summed E-state index contributed by atoms with van der Waals surface area (Å²) in [6.45, 7) is 0. The second-order valence-corrected chi connectivity index (χ2v) is 2.99. The lowest BCUT2D eigenvalue weighted by Gasteiger charge is -1.94. The molecule has 74 valence electrons. The number of carbonyl (C=O) groups excluding carboxylic acids is 1. The smallest absolute Gasteiger partial charge is 0.237 e. The Balaban J connectivity index is 2.76. The first-order valence-electron chi connectivity index (χ1n) is 4.10. The van der Waals surface area contributed by atoms with E-state index in [1.54, 1.807) is 0 Å². The largest absolute Gasteiger partial charge is 0.360 e. The number of aromatic amines is 1. The van der Waals surface area contributed by atoms with E-state index in [1.165, 1.54) is 6.20 Å². The van der Waals surface area contributed by atoms with Crippen LogP contribution in [0.5, 0.6) is 0 Å². The third kappa shape index (κ3) is 1.38. The molecule has 1 N–H and O–H groups in total. The molecule has 2 nitrogen and oxygen atoms in total. The Morgan fingerprint density at radius 2 is 2.00 bits per heavy atom. The van der Waals surface area contributed by atoms with Crippen LogP contribution in [0.2, 0.25) is 0 Å². The van der Waals surface area contributed by atoms with Crippen LogP contribution in [0, 0.1) is 24.0 Å². The molecule has 0 aliphatic rings. The van der Waals surface area contributed by atoms with Gasteiger partial charge in [0, 0.05) is 23.2 Å². The van der Waals surface area contributed by atoms with E-state index in [9.17, 15) is 13.6 Å². The number of ketones is 1. The highest BCUT2D eigenvalue weighted by atomic mass is 19.2. The molecule has 0 bridgehead atoms. The fourth-order valence-corrected chi connectivity index (χ4v) is 1.38. The summed E-state index contributed by atoms with van der Waals surface area (Å²) in [6, 6.07) is 1.93. The molecule has 0 saturated carbocycles. The van der Waals surface area contributed by atoms with Gasteiger partial charge in [0.2, 0.25) is 5.78 Å². The van der Waals surface area contributed by atoms with Crippen molar-refractivity contribution in [3.05, 3.63) is 35.5 Å². The number of H-pyrrole nitrogens is 1. The first-order valence-corrected chi connectivity index (χ1v) is 4.10. The average Bonchev–Trinajstić information content (AvgIpc) is 2.61. The van der Waals surface area contributed by atoms with Gasteiger partial charge in [-0.05, 0) is 12.0 Å². The van der Waals surface area contributed by atoms with Crippen LogP contribution in [0.25, 0.3) is 10.9 Å². The van der Waals surface area contributed by atoms with E-state index < -0.39 is 17.4 Å². The number of hydrogen-bond acceptors (Lipinski definition) is 1. The zero-order chi connectivity index (χ0) is 11.0. The van der Waals surface area contributed by atoms with E-state index in [1.807, 2.05) is 5.92 Å². The number of nitrogens with one attached hydrogen (secondary N) is 1. The molecule has 0 amide bonds. The van der Waals surface area contributed by atoms with Gasteiger partial charge in [0.05, 0.1) is 5.56 Å². The first kappa shape index (κ1) is 9.41. The number of rotatable bonds is 1. The number of hydrogen-bond donors (Lipinski definition) is 1. The summed E-state index contributed by atoms with van der Waals surface area (Å²) >= 11 is 0. The van der Waals surface area contributed by atoms with Gasteiger partial charge in [0.25, 0.3) is 0 Å². The maximum Gasteiger partial charge on any atom is 0.237 e. The van der Waals surface area contributed by atoms with E-state index in [0.29, 0.717) is 5.52 Å². The van der Waals surface area contributed by atoms with E-state index in [0.717, 1.165) is 12.1 Å². The summed E-state index contributed by atoms with van der Waals surface area (Å²) in [7, 11) is 0. The van der Waals surface area contributed by atoms with Crippen molar-refractivity contribution >= 4 is 16.7 Å². The van der Waals surface area contributed by atoms with Crippen LogP contribution < -0.4 is 0 Å². The minimum absolute atomic E-state index is 0.173. The predicted octanol–water partition coefficient (Wildman–Crippen LogP) is 2.26. The van der Waals surface area contributed by atoms with Gasteiger partial charge < -0.3 is 4.98 Å². The predicted molar refractivity (Wildman–Crippen MR) is 51.4 cm³/mol. The fourth-order valence-electron chi connectivity index (χ4n) is 1.38. The Hall–Kier alpha value is -2.15. The molecule has 4 heteroatoms. The molecule has 0 fully saturated rings. The molecule has 1 aromatic heterocycles. The molecule has 1 aromatic carbocycles. The van der Waals surface area contributed by atoms with Gasteiger partial charge in [-0.15, -0.1) is 6.42 Å². The quantitative estimate of drug-likeness (QED) is 0.432. The van der Waals surface area contributed by atoms with Crippen molar-refractivity contribution in [3.63, 3.8) is 0 Å². The summed E-state index contributed by atoms with van der Waals surface area (Å²) in [6.07, 6.45) is 6.28. The highest BCUT2D eigenvalue weighted by Gasteiger charge is 2.12. The topological polar surface area (TPSA) is 32.9 Å². The van der Waals surface area contributed by atoms with Crippen LogP contribution in [0.4, 0.5) is 8.78 Å². The molecule has 0 spiro atoms. The van der Waals surface area contributed by atoms with Crippen LogP contribution in [-0.2, 0) is 0 Å². The number of carbonyl (C=O) groups is 1. The molecule has 2 rings (SSSR count). The number of halogens is 2. The molecular weight excluding hydrogens is 200 g/mol. The lowest BCUT2D eigenvalue weighted by atomic mass is 10.1. The molecule has 0 atom stereocenters. The lowest BCUT2D eigenvalue weighted by Crippen LogP contribution is -1.92. The van der Waals surface area contributed by atoms with Gasteiger partial charge in [-0.25, -0.2) is 8.78 Å². The number of fused-ring (bicyclic) bond motifs is 1. The highest BCUT2D eigenvalue weighted by Crippen LogP contribution is 2.21. The van der Waals surface area contributed by atoms with Crippen molar-refractivity contribution in [3.8, 4) is 12.3 Å². The van der Waals surface area contributed by atoms with Crippen molar-refractivity contribution < 1.29 is 13.6 Å². The summed E-state index contributed by atoms with van der Waals surface area (Å²) in [5.41, 5.74) is 0.513. The molecule has 0 unspecified atom stereocenters. The van der Waals surface area contributed by atoms with Crippen LogP contribution in [0.1, 0.15) is 10.4 Å². The summed E-state index contributed by atoms with van der Waals surface area (Å²) < 4.78 is 25.7. The Kier molecular flexibility index (Phi) is 2.01. The van der Waals surface area contributed by atoms with E-state index in [-0.39, 0.29) is 10.9 Å².